The van der Waals surface area contributed by atoms with E-state index in [1.807, 2.05) is 7.05 Å². The van der Waals surface area contributed by atoms with Crippen molar-refractivity contribution in [3.63, 3.8) is 0 Å². The zero-order chi connectivity index (χ0) is 14.7. The van der Waals surface area contributed by atoms with Crippen LogP contribution in [0.15, 0.2) is 22.9 Å². The molecule has 1 saturated carbocycles. The third-order valence-electron chi connectivity index (χ3n) is 4.14. The van der Waals surface area contributed by atoms with Gasteiger partial charge in [0.15, 0.2) is 0 Å². The van der Waals surface area contributed by atoms with E-state index in [2.05, 4.69) is 20.4 Å². The fraction of sp³-hybridized carbons (Fsp3) is 0.533. The molecule has 6 heteroatoms. The Morgan fingerprint density at radius 1 is 1.33 bits per heavy atom. The molecule has 2 atom stereocenters. The maximum absolute atomic E-state index is 12.9. The summed E-state index contributed by atoms with van der Waals surface area (Å²) in [6, 6.07) is 3.41. The predicted octanol–water partition coefficient (Wildman–Crippen LogP) is 2.59. The van der Waals surface area contributed by atoms with Crippen LogP contribution >= 0.6 is 0 Å². The lowest BCUT2D eigenvalue weighted by molar-refractivity contribution is 0.248. The molecule has 0 aromatic carbocycles. The van der Waals surface area contributed by atoms with Crippen molar-refractivity contribution < 1.29 is 8.91 Å². The second-order valence-corrected chi connectivity index (χ2v) is 5.52. The molecule has 0 spiro atoms. The quantitative estimate of drug-likeness (QED) is 0.937. The van der Waals surface area contributed by atoms with E-state index in [-0.39, 0.29) is 5.82 Å². The van der Waals surface area contributed by atoms with Crippen molar-refractivity contribution in [2.75, 3.05) is 7.05 Å². The van der Waals surface area contributed by atoms with E-state index >= 15 is 0 Å². The Labute approximate surface area is 123 Å². The van der Waals surface area contributed by atoms with Gasteiger partial charge in [-0.25, -0.2) is 9.37 Å². The van der Waals surface area contributed by atoms with Gasteiger partial charge in [-0.3, -0.25) is 0 Å². The normalized spacial score (nSPS) is 22.4. The van der Waals surface area contributed by atoms with E-state index in [1.165, 1.54) is 31.7 Å². The summed E-state index contributed by atoms with van der Waals surface area (Å²) in [5, 5.41) is 7.32. The van der Waals surface area contributed by atoms with Crippen LogP contribution in [0.3, 0.4) is 0 Å². The van der Waals surface area contributed by atoms with Gasteiger partial charge in [-0.05, 0) is 37.9 Å². The summed E-state index contributed by atoms with van der Waals surface area (Å²) in [6.07, 6.45) is 6.84. The van der Waals surface area contributed by atoms with Gasteiger partial charge in [-0.1, -0.05) is 18.0 Å². The van der Waals surface area contributed by atoms with Gasteiger partial charge in [0.25, 0.3) is 0 Å². The van der Waals surface area contributed by atoms with Crippen LogP contribution in [0.25, 0.3) is 11.5 Å². The number of rotatable bonds is 4. The number of nitrogens with zero attached hydrogens (tertiary/aromatic N) is 3. The molecule has 2 aromatic heterocycles. The van der Waals surface area contributed by atoms with Crippen molar-refractivity contribution in [1.82, 2.24) is 20.4 Å². The Morgan fingerprint density at radius 2 is 2.19 bits per heavy atom. The third-order valence-corrected chi connectivity index (χ3v) is 4.14. The molecule has 2 aromatic rings. The average molecular weight is 290 g/mol. The molecule has 0 radical (unpaired) electrons. The largest absolute Gasteiger partial charge is 0.339 e. The molecule has 21 heavy (non-hydrogen) atoms. The van der Waals surface area contributed by atoms with E-state index in [4.69, 9.17) is 4.52 Å². The summed E-state index contributed by atoms with van der Waals surface area (Å²) in [5.41, 5.74) is 0.528. The van der Waals surface area contributed by atoms with Crippen molar-refractivity contribution in [2.45, 2.75) is 38.1 Å². The number of hydrogen-bond acceptors (Lipinski definition) is 5. The van der Waals surface area contributed by atoms with Gasteiger partial charge in [-0.2, -0.15) is 4.98 Å². The van der Waals surface area contributed by atoms with E-state index in [0.717, 1.165) is 12.6 Å². The van der Waals surface area contributed by atoms with Gasteiger partial charge in [0.05, 0.1) is 6.20 Å². The first-order valence-electron chi connectivity index (χ1n) is 7.38. The van der Waals surface area contributed by atoms with Crippen LogP contribution in [0.5, 0.6) is 0 Å². The fourth-order valence-corrected chi connectivity index (χ4v) is 3.01. The van der Waals surface area contributed by atoms with E-state index in [9.17, 15) is 4.39 Å². The molecule has 1 fully saturated rings. The molecule has 2 unspecified atom stereocenters. The van der Waals surface area contributed by atoms with Gasteiger partial charge in [0, 0.05) is 12.5 Å². The average Bonchev–Trinajstić information content (AvgIpc) is 2.97. The van der Waals surface area contributed by atoms with Crippen LogP contribution in [0.1, 0.15) is 31.6 Å². The SMILES string of the molecule is CNC1CCCCC1Cc1nc(-c2ccc(F)cn2)no1. The van der Waals surface area contributed by atoms with Crippen molar-refractivity contribution in [3.8, 4) is 11.5 Å². The summed E-state index contributed by atoms with van der Waals surface area (Å²) >= 11 is 0. The van der Waals surface area contributed by atoms with E-state index < -0.39 is 0 Å². The molecule has 1 aliphatic carbocycles. The molecule has 0 bridgehead atoms. The molecule has 2 heterocycles. The van der Waals surface area contributed by atoms with Crippen molar-refractivity contribution in [1.29, 1.82) is 0 Å². The molecule has 0 amide bonds. The van der Waals surface area contributed by atoms with Crippen LogP contribution in [0, 0.1) is 11.7 Å². The molecule has 0 aliphatic heterocycles. The first-order valence-corrected chi connectivity index (χ1v) is 7.38. The van der Waals surface area contributed by atoms with Crippen LogP contribution in [-0.2, 0) is 6.42 Å². The third kappa shape index (κ3) is 3.26. The predicted molar refractivity (Wildman–Crippen MR) is 76.0 cm³/mol. The highest BCUT2D eigenvalue weighted by atomic mass is 19.1. The Morgan fingerprint density at radius 3 is 2.95 bits per heavy atom. The topological polar surface area (TPSA) is 63.8 Å². The zero-order valence-corrected chi connectivity index (χ0v) is 12.1. The number of pyridine rings is 1. The van der Waals surface area contributed by atoms with E-state index in [1.54, 1.807) is 6.07 Å². The molecular weight excluding hydrogens is 271 g/mol. The first-order chi connectivity index (χ1) is 10.3. The van der Waals surface area contributed by atoms with Crippen LogP contribution in [-0.4, -0.2) is 28.2 Å². The fourth-order valence-electron chi connectivity index (χ4n) is 3.01. The Bertz CT molecular complexity index is 584. The summed E-state index contributed by atoms with van der Waals surface area (Å²) in [6.45, 7) is 0. The van der Waals surface area contributed by atoms with Crippen LogP contribution in [0.4, 0.5) is 4.39 Å². The number of aromatic nitrogens is 3. The second kappa shape index (κ2) is 6.30. The monoisotopic (exact) mass is 290 g/mol. The highest BCUT2D eigenvalue weighted by Crippen LogP contribution is 2.27. The molecule has 0 saturated heterocycles. The zero-order valence-electron chi connectivity index (χ0n) is 12.1. The molecule has 5 nitrogen and oxygen atoms in total. The maximum atomic E-state index is 12.9. The maximum Gasteiger partial charge on any atom is 0.227 e. The minimum Gasteiger partial charge on any atom is -0.339 e. The minimum atomic E-state index is -0.374. The van der Waals surface area contributed by atoms with Gasteiger partial charge >= 0.3 is 0 Å². The van der Waals surface area contributed by atoms with E-state index in [0.29, 0.717) is 29.4 Å². The lowest BCUT2D eigenvalue weighted by atomic mass is 9.82. The van der Waals surface area contributed by atoms with Crippen molar-refractivity contribution in [2.24, 2.45) is 5.92 Å². The summed E-state index contributed by atoms with van der Waals surface area (Å²) < 4.78 is 18.2. The molecular formula is C15H19FN4O. The highest BCUT2D eigenvalue weighted by molar-refractivity contribution is 5.47. The lowest BCUT2D eigenvalue weighted by Crippen LogP contribution is -2.37. The van der Waals surface area contributed by atoms with Crippen LogP contribution < -0.4 is 5.32 Å². The summed E-state index contributed by atoms with van der Waals surface area (Å²) in [4.78, 5) is 8.35. The summed E-state index contributed by atoms with van der Waals surface area (Å²) in [5.74, 6) is 1.20. The molecule has 1 aliphatic rings. The highest BCUT2D eigenvalue weighted by Gasteiger charge is 2.26. The van der Waals surface area contributed by atoms with Gasteiger partial charge in [0.1, 0.15) is 11.5 Å². The van der Waals surface area contributed by atoms with Crippen LogP contribution in [0.2, 0.25) is 0 Å². The number of hydrogen-bond donors (Lipinski definition) is 1. The van der Waals surface area contributed by atoms with Gasteiger partial charge in [0.2, 0.25) is 11.7 Å². The van der Waals surface area contributed by atoms with Gasteiger partial charge < -0.3 is 9.84 Å². The first kappa shape index (κ1) is 14.1. The van der Waals surface area contributed by atoms with Gasteiger partial charge in [-0.15, -0.1) is 0 Å². The molecule has 112 valence electrons. The second-order valence-electron chi connectivity index (χ2n) is 5.52. The van der Waals surface area contributed by atoms with Crippen molar-refractivity contribution in [3.05, 3.63) is 30.0 Å². The minimum absolute atomic E-state index is 0.374. The number of nitrogens with one attached hydrogen (secondary N) is 1. The Hall–Kier alpha value is -1.82. The smallest absolute Gasteiger partial charge is 0.227 e. The molecule has 1 N–H and O–H groups in total. The number of halogens is 1. The van der Waals surface area contributed by atoms with Crippen molar-refractivity contribution >= 4 is 0 Å². The summed E-state index contributed by atoms with van der Waals surface area (Å²) in [7, 11) is 2.00. The lowest BCUT2D eigenvalue weighted by Gasteiger charge is -2.30. The molecule has 3 rings (SSSR count). The standard InChI is InChI=1S/C15H19FN4O/c1-17-12-5-3-2-4-10(12)8-14-19-15(20-21-14)13-7-6-11(16)9-18-13/h6-7,9-10,12,17H,2-5,8H2,1H3. The Balaban J connectivity index is 1.71. The Kier molecular flexibility index (Phi) is 4.24.